The molecule has 2 heterocycles. The van der Waals surface area contributed by atoms with E-state index >= 15 is 0 Å². The van der Waals surface area contributed by atoms with Crippen LogP contribution < -0.4 is 0 Å². The van der Waals surface area contributed by atoms with Crippen molar-refractivity contribution in [2.24, 2.45) is 5.92 Å². The van der Waals surface area contributed by atoms with Crippen LogP contribution in [0, 0.1) is 5.92 Å². The zero-order chi connectivity index (χ0) is 23.8. The molecule has 1 aliphatic heterocycles. The van der Waals surface area contributed by atoms with E-state index in [1.807, 2.05) is 11.8 Å². The molecule has 180 valence electrons. The lowest BCUT2D eigenvalue weighted by Crippen LogP contribution is -2.37. The van der Waals surface area contributed by atoms with Gasteiger partial charge in [0.25, 0.3) is 0 Å². The van der Waals surface area contributed by atoms with E-state index in [0.29, 0.717) is 12.3 Å². The number of amides is 1. The first kappa shape index (κ1) is 24.6. The molecular formula is C29H37N3OS. The van der Waals surface area contributed by atoms with E-state index in [4.69, 9.17) is 4.98 Å². The molecule has 0 aliphatic carbocycles. The zero-order valence-corrected chi connectivity index (χ0v) is 21.4. The van der Waals surface area contributed by atoms with Gasteiger partial charge < -0.3 is 9.47 Å². The van der Waals surface area contributed by atoms with E-state index in [1.54, 1.807) is 0 Å². The van der Waals surface area contributed by atoms with Crippen molar-refractivity contribution in [3.05, 3.63) is 60.7 Å². The Bertz CT molecular complexity index is 1040. The highest BCUT2D eigenvalue weighted by Crippen LogP contribution is 2.36. The fourth-order valence-electron chi connectivity index (χ4n) is 4.62. The minimum absolute atomic E-state index is 0.335. The summed E-state index contributed by atoms with van der Waals surface area (Å²) in [6.45, 7) is 7.33. The summed E-state index contributed by atoms with van der Waals surface area (Å²) in [7, 11) is 0. The Morgan fingerprint density at radius 3 is 2.26 bits per heavy atom. The number of piperidine rings is 1. The van der Waals surface area contributed by atoms with Crippen LogP contribution in [0.1, 0.15) is 52.4 Å². The molecule has 0 N–H and O–H groups in total. The number of imidazole rings is 1. The minimum Gasteiger partial charge on any atom is -0.343 e. The fourth-order valence-corrected chi connectivity index (χ4v) is 5.64. The molecule has 34 heavy (non-hydrogen) atoms. The van der Waals surface area contributed by atoms with E-state index in [9.17, 15) is 4.79 Å². The second kappa shape index (κ2) is 12.3. The van der Waals surface area contributed by atoms with Crippen LogP contribution in [0.5, 0.6) is 0 Å². The predicted molar refractivity (Wildman–Crippen MR) is 143 cm³/mol. The van der Waals surface area contributed by atoms with Gasteiger partial charge in [-0.2, -0.15) is 0 Å². The van der Waals surface area contributed by atoms with Crippen LogP contribution in [0.15, 0.2) is 65.8 Å². The first-order valence-corrected chi connectivity index (χ1v) is 13.8. The number of unbranched alkanes of at least 4 members (excludes halogenated alkanes) is 1. The van der Waals surface area contributed by atoms with Crippen molar-refractivity contribution in [3.63, 3.8) is 0 Å². The number of likely N-dealkylation sites (tertiary alicyclic amines) is 1. The van der Waals surface area contributed by atoms with Gasteiger partial charge in [0, 0.05) is 42.9 Å². The number of hydrogen-bond donors (Lipinski definition) is 0. The molecule has 2 aromatic carbocycles. The van der Waals surface area contributed by atoms with Crippen LogP contribution in [0.3, 0.4) is 0 Å². The summed E-state index contributed by atoms with van der Waals surface area (Å²) in [6, 6.07) is 21.1. The lowest BCUT2D eigenvalue weighted by molar-refractivity contribution is -0.132. The maximum Gasteiger partial charge on any atom is 0.222 e. The number of carbonyl (C=O) groups is 1. The Morgan fingerprint density at radius 1 is 0.971 bits per heavy atom. The number of nitrogens with zero attached hydrogens (tertiary/aromatic N) is 3. The molecule has 1 amide bonds. The van der Waals surface area contributed by atoms with E-state index in [2.05, 4.69) is 84.0 Å². The van der Waals surface area contributed by atoms with Crippen molar-refractivity contribution in [3.8, 4) is 22.5 Å². The third kappa shape index (κ3) is 6.12. The molecule has 1 saturated heterocycles. The summed E-state index contributed by atoms with van der Waals surface area (Å²) in [5, 5.41) is 1.08. The average Bonchev–Trinajstić information content (AvgIpc) is 3.23. The Morgan fingerprint density at radius 2 is 1.62 bits per heavy atom. The summed E-state index contributed by atoms with van der Waals surface area (Å²) >= 11 is 1.83. The molecule has 4 rings (SSSR count). The van der Waals surface area contributed by atoms with Crippen LogP contribution in [0.4, 0.5) is 0 Å². The molecule has 0 spiro atoms. The average molecular weight is 476 g/mol. The second-order valence-electron chi connectivity index (χ2n) is 9.34. The van der Waals surface area contributed by atoms with Crippen molar-refractivity contribution in [1.29, 1.82) is 0 Å². The SMILES string of the molecule is CCCn1c(SCCCCC(=O)N2CCC(C)CC2)nc(-c2ccccc2)c1-c1ccccc1. The maximum atomic E-state index is 12.5. The smallest absolute Gasteiger partial charge is 0.222 e. The van der Waals surface area contributed by atoms with Gasteiger partial charge in [0.15, 0.2) is 5.16 Å². The lowest BCUT2D eigenvalue weighted by Gasteiger charge is -2.30. The van der Waals surface area contributed by atoms with Gasteiger partial charge in [-0.3, -0.25) is 4.79 Å². The van der Waals surface area contributed by atoms with Crippen molar-refractivity contribution >= 4 is 17.7 Å². The van der Waals surface area contributed by atoms with Crippen LogP contribution in [-0.4, -0.2) is 39.2 Å². The largest absolute Gasteiger partial charge is 0.343 e. The highest BCUT2D eigenvalue weighted by Gasteiger charge is 2.21. The molecule has 4 nitrogen and oxygen atoms in total. The summed E-state index contributed by atoms with van der Waals surface area (Å²) < 4.78 is 2.39. The number of benzene rings is 2. The number of rotatable bonds is 10. The van der Waals surface area contributed by atoms with E-state index < -0.39 is 0 Å². The van der Waals surface area contributed by atoms with Gasteiger partial charge in [0.1, 0.15) is 0 Å². The first-order valence-electron chi connectivity index (χ1n) is 12.8. The maximum absolute atomic E-state index is 12.5. The standard InChI is InChI=1S/C29H37N3OS/c1-3-19-32-28(25-14-8-5-9-15-25)27(24-12-6-4-7-13-24)30-29(32)34-22-11-10-16-26(33)31-20-17-23(2)18-21-31/h4-9,12-15,23H,3,10-11,16-22H2,1-2H3. The molecule has 1 aliphatic rings. The van der Waals surface area contributed by atoms with Gasteiger partial charge in [-0.25, -0.2) is 4.98 Å². The predicted octanol–water partition coefficient (Wildman–Crippen LogP) is 7.15. The molecule has 0 unspecified atom stereocenters. The monoisotopic (exact) mass is 475 g/mol. The Kier molecular flexibility index (Phi) is 8.86. The van der Waals surface area contributed by atoms with Gasteiger partial charge in [-0.1, -0.05) is 86.3 Å². The highest BCUT2D eigenvalue weighted by atomic mass is 32.2. The quantitative estimate of drug-likeness (QED) is 0.231. The van der Waals surface area contributed by atoms with Crippen LogP contribution in [0.2, 0.25) is 0 Å². The van der Waals surface area contributed by atoms with Gasteiger partial charge in [0.2, 0.25) is 5.91 Å². The fraction of sp³-hybridized carbons (Fsp3) is 0.448. The van der Waals surface area contributed by atoms with E-state index in [-0.39, 0.29) is 0 Å². The second-order valence-corrected chi connectivity index (χ2v) is 10.4. The molecule has 0 saturated carbocycles. The summed E-state index contributed by atoms with van der Waals surface area (Å²) in [5.74, 6) is 2.07. The minimum atomic E-state index is 0.335. The summed E-state index contributed by atoms with van der Waals surface area (Å²) in [6.07, 6.45) is 6.00. The Hall–Kier alpha value is -2.53. The van der Waals surface area contributed by atoms with Crippen LogP contribution in [-0.2, 0) is 11.3 Å². The van der Waals surface area contributed by atoms with Crippen molar-refractivity contribution in [2.75, 3.05) is 18.8 Å². The molecule has 0 radical (unpaired) electrons. The van der Waals surface area contributed by atoms with Crippen molar-refractivity contribution in [2.45, 2.75) is 64.1 Å². The van der Waals surface area contributed by atoms with E-state index in [1.165, 1.54) is 11.3 Å². The van der Waals surface area contributed by atoms with Crippen LogP contribution in [0.25, 0.3) is 22.5 Å². The highest BCUT2D eigenvalue weighted by molar-refractivity contribution is 7.99. The molecule has 5 heteroatoms. The molecule has 0 atom stereocenters. The van der Waals surface area contributed by atoms with Crippen LogP contribution >= 0.6 is 11.8 Å². The van der Waals surface area contributed by atoms with E-state index in [0.717, 1.165) is 79.8 Å². The van der Waals surface area contributed by atoms with Crippen molar-refractivity contribution < 1.29 is 4.79 Å². The number of aromatic nitrogens is 2. The van der Waals surface area contributed by atoms with Gasteiger partial charge in [0.05, 0.1) is 11.4 Å². The lowest BCUT2D eigenvalue weighted by atomic mass is 9.99. The first-order chi connectivity index (χ1) is 16.7. The third-order valence-corrected chi connectivity index (χ3v) is 7.69. The molecule has 0 bridgehead atoms. The zero-order valence-electron chi connectivity index (χ0n) is 20.6. The van der Waals surface area contributed by atoms with Gasteiger partial charge in [-0.05, 0) is 38.0 Å². The summed E-state index contributed by atoms with van der Waals surface area (Å²) in [5.41, 5.74) is 4.61. The number of thioether (sulfide) groups is 1. The Balaban J connectivity index is 1.44. The normalized spacial score (nSPS) is 14.5. The molecule has 1 aromatic heterocycles. The van der Waals surface area contributed by atoms with Gasteiger partial charge >= 0.3 is 0 Å². The molecule has 3 aromatic rings. The summed E-state index contributed by atoms with van der Waals surface area (Å²) in [4.78, 5) is 19.7. The molecular weight excluding hydrogens is 438 g/mol. The Labute approximate surface area is 208 Å². The topological polar surface area (TPSA) is 38.1 Å². The molecule has 1 fully saturated rings. The van der Waals surface area contributed by atoms with Crippen molar-refractivity contribution in [1.82, 2.24) is 14.5 Å². The number of carbonyl (C=O) groups excluding carboxylic acids is 1. The van der Waals surface area contributed by atoms with Gasteiger partial charge in [-0.15, -0.1) is 0 Å². The third-order valence-electron chi connectivity index (χ3n) is 6.63. The number of hydrogen-bond acceptors (Lipinski definition) is 3.